The highest BCUT2D eigenvalue weighted by atomic mass is 35.5. The molecule has 13 heteroatoms. The van der Waals surface area contributed by atoms with Crippen LogP contribution in [0.3, 0.4) is 0 Å². The van der Waals surface area contributed by atoms with E-state index >= 15 is 0 Å². The lowest BCUT2D eigenvalue weighted by atomic mass is 9.90. The van der Waals surface area contributed by atoms with Crippen molar-refractivity contribution in [2.75, 3.05) is 50.1 Å². The SMILES string of the molecule is CCN1C(=O)C(C)(C)C(=O)N(C)c2cc(OCCCc3cc(CNCCN(C)C(=O)c4cccnc4)ccn3)ccc21.Cl.Cl.Cl. The quantitative estimate of drug-likeness (QED) is 0.213. The first-order valence-corrected chi connectivity index (χ1v) is 14.3. The van der Waals surface area contributed by atoms with E-state index in [1.807, 2.05) is 37.4 Å². The number of nitrogens with zero attached hydrogens (tertiary/aromatic N) is 5. The Bertz CT molecular complexity index is 1430. The Morgan fingerprint density at radius 2 is 1.78 bits per heavy atom. The van der Waals surface area contributed by atoms with Crippen molar-refractivity contribution in [1.82, 2.24) is 20.2 Å². The number of ether oxygens (including phenoxy) is 1. The molecule has 0 saturated carbocycles. The summed E-state index contributed by atoms with van der Waals surface area (Å²) in [7, 11) is 3.49. The second-order valence-electron chi connectivity index (χ2n) is 10.9. The first-order valence-electron chi connectivity index (χ1n) is 14.3. The Balaban J connectivity index is 0.00000337. The molecule has 1 aliphatic rings. The topological polar surface area (TPSA) is 108 Å². The van der Waals surface area contributed by atoms with Gasteiger partial charge in [-0.05, 0) is 75.6 Å². The van der Waals surface area contributed by atoms with Gasteiger partial charge in [-0.25, -0.2) is 0 Å². The average molecular weight is 682 g/mol. The van der Waals surface area contributed by atoms with E-state index in [-0.39, 0.29) is 54.9 Å². The van der Waals surface area contributed by atoms with Gasteiger partial charge in [0.2, 0.25) is 11.8 Å². The van der Waals surface area contributed by atoms with E-state index in [0.29, 0.717) is 55.5 Å². The standard InChI is InChI=1S/C32H40N6O4.3ClH/c1-6-38-27-12-11-26(20-28(27)37(5)30(40)32(2,3)31(38)41)42-18-8-10-25-19-23(13-15-35-25)21-34-16-17-36(4)29(39)24-9-7-14-33-22-24;;;/h7,9,11-15,19-20,22,34H,6,8,10,16-18,21H2,1-5H3;3*1H. The molecule has 4 rings (SSSR count). The predicted molar refractivity (Wildman–Crippen MR) is 184 cm³/mol. The fourth-order valence-corrected chi connectivity index (χ4v) is 4.98. The van der Waals surface area contributed by atoms with E-state index < -0.39 is 5.41 Å². The van der Waals surface area contributed by atoms with E-state index in [4.69, 9.17) is 4.74 Å². The number of hydrogen-bond acceptors (Lipinski definition) is 7. The number of halogens is 3. The predicted octanol–water partition coefficient (Wildman–Crippen LogP) is 4.97. The van der Waals surface area contributed by atoms with Crippen LogP contribution < -0.4 is 19.9 Å². The van der Waals surface area contributed by atoms with Crippen LogP contribution in [0.4, 0.5) is 11.4 Å². The molecule has 3 aromatic rings. The molecule has 2 aromatic heterocycles. The summed E-state index contributed by atoms with van der Waals surface area (Å²) in [6.45, 7) is 8.13. The average Bonchev–Trinajstić information content (AvgIpc) is 3.05. The van der Waals surface area contributed by atoms with Crippen molar-refractivity contribution in [3.05, 3.63) is 77.9 Å². The first kappa shape index (κ1) is 39.6. The number of benzene rings is 1. The number of aromatic nitrogens is 2. The minimum Gasteiger partial charge on any atom is -0.494 e. The molecule has 1 aliphatic heterocycles. The van der Waals surface area contributed by atoms with Crippen LogP contribution in [0.2, 0.25) is 0 Å². The summed E-state index contributed by atoms with van der Waals surface area (Å²) in [6.07, 6.45) is 6.56. The lowest BCUT2D eigenvalue weighted by molar-refractivity contribution is -0.137. The van der Waals surface area contributed by atoms with E-state index in [0.717, 1.165) is 24.1 Å². The minimum absolute atomic E-state index is 0. The molecular formula is C32H43Cl3N6O4. The molecule has 10 nitrogen and oxygen atoms in total. The molecule has 0 radical (unpaired) electrons. The summed E-state index contributed by atoms with van der Waals surface area (Å²) in [5, 5.41) is 3.39. The smallest absolute Gasteiger partial charge is 0.255 e. The molecule has 1 aromatic carbocycles. The van der Waals surface area contributed by atoms with Gasteiger partial charge >= 0.3 is 0 Å². The first-order chi connectivity index (χ1) is 20.1. The minimum atomic E-state index is -1.14. The van der Waals surface area contributed by atoms with Crippen LogP contribution in [0.15, 0.2) is 61.1 Å². The molecule has 0 unspecified atom stereocenters. The van der Waals surface area contributed by atoms with Crippen molar-refractivity contribution in [1.29, 1.82) is 0 Å². The molecular weight excluding hydrogens is 639 g/mol. The number of carbonyl (C=O) groups excluding carboxylic acids is 3. The third-order valence-corrected chi connectivity index (χ3v) is 7.47. The Morgan fingerprint density at radius 1 is 1.02 bits per heavy atom. The van der Waals surface area contributed by atoms with Gasteiger partial charge in [-0.15, -0.1) is 37.2 Å². The van der Waals surface area contributed by atoms with Gasteiger partial charge in [0, 0.05) is 70.6 Å². The van der Waals surface area contributed by atoms with Gasteiger partial charge in [0.1, 0.15) is 11.2 Å². The molecule has 0 aliphatic carbocycles. The lowest BCUT2D eigenvalue weighted by Gasteiger charge is -2.27. The molecule has 0 fully saturated rings. The summed E-state index contributed by atoms with van der Waals surface area (Å²) in [5.74, 6) is 0.149. The van der Waals surface area contributed by atoms with Crippen molar-refractivity contribution in [2.45, 2.75) is 40.2 Å². The highest BCUT2D eigenvalue weighted by molar-refractivity contribution is 6.20. The maximum absolute atomic E-state index is 13.1. The lowest BCUT2D eigenvalue weighted by Crippen LogP contribution is -2.47. The fourth-order valence-electron chi connectivity index (χ4n) is 4.98. The summed E-state index contributed by atoms with van der Waals surface area (Å²) in [6, 6.07) is 13.1. The monoisotopic (exact) mass is 680 g/mol. The van der Waals surface area contributed by atoms with Gasteiger partial charge in [-0.1, -0.05) is 0 Å². The number of rotatable bonds is 12. The zero-order valence-corrected chi connectivity index (χ0v) is 28.8. The molecule has 3 heterocycles. The maximum atomic E-state index is 13.1. The largest absolute Gasteiger partial charge is 0.494 e. The number of amides is 3. The number of likely N-dealkylation sites (N-methyl/N-ethyl adjacent to an activating group) is 1. The number of anilines is 2. The summed E-state index contributed by atoms with van der Waals surface area (Å²) in [5.41, 5.74) is 2.91. The maximum Gasteiger partial charge on any atom is 0.255 e. The van der Waals surface area contributed by atoms with Crippen LogP contribution in [0, 0.1) is 5.41 Å². The number of pyridine rings is 2. The van der Waals surface area contributed by atoms with E-state index in [9.17, 15) is 14.4 Å². The number of aryl methyl sites for hydroxylation is 1. The summed E-state index contributed by atoms with van der Waals surface area (Å²) in [4.78, 5) is 52.0. The van der Waals surface area contributed by atoms with Gasteiger partial charge in [0.05, 0.1) is 23.5 Å². The highest BCUT2D eigenvalue weighted by Crippen LogP contribution is 2.40. The van der Waals surface area contributed by atoms with Crippen LogP contribution >= 0.6 is 37.2 Å². The molecule has 45 heavy (non-hydrogen) atoms. The molecule has 0 spiro atoms. The number of carbonyl (C=O) groups is 3. The second kappa shape index (κ2) is 17.9. The van der Waals surface area contributed by atoms with Gasteiger partial charge in [0.15, 0.2) is 0 Å². The van der Waals surface area contributed by atoms with Crippen LogP contribution in [-0.2, 0) is 22.6 Å². The summed E-state index contributed by atoms with van der Waals surface area (Å²) < 4.78 is 6.03. The Kier molecular flexibility index (Phi) is 15.7. The zero-order valence-electron chi connectivity index (χ0n) is 26.3. The van der Waals surface area contributed by atoms with Crippen molar-refractivity contribution >= 4 is 66.3 Å². The van der Waals surface area contributed by atoms with E-state index in [1.54, 1.807) is 67.2 Å². The Hall–Kier alpha value is -3.44. The van der Waals surface area contributed by atoms with Crippen LogP contribution in [-0.4, -0.2) is 72.9 Å². The van der Waals surface area contributed by atoms with Gasteiger partial charge in [0.25, 0.3) is 5.91 Å². The molecule has 1 N–H and O–H groups in total. The second-order valence-corrected chi connectivity index (χ2v) is 10.9. The normalized spacial score (nSPS) is 13.4. The van der Waals surface area contributed by atoms with Crippen molar-refractivity contribution in [3.8, 4) is 5.75 Å². The van der Waals surface area contributed by atoms with Crippen LogP contribution in [0.1, 0.15) is 48.8 Å². The van der Waals surface area contributed by atoms with Crippen LogP contribution in [0.5, 0.6) is 5.75 Å². The summed E-state index contributed by atoms with van der Waals surface area (Å²) >= 11 is 0. The van der Waals surface area contributed by atoms with E-state index in [1.165, 1.54) is 0 Å². The van der Waals surface area contributed by atoms with Gasteiger partial charge in [-0.3, -0.25) is 24.4 Å². The Labute approximate surface area is 284 Å². The third-order valence-electron chi connectivity index (χ3n) is 7.47. The fraction of sp³-hybridized carbons (Fsp3) is 0.406. The molecule has 0 atom stereocenters. The third kappa shape index (κ3) is 9.53. The van der Waals surface area contributed by atoms with Crippen LogP contribution in [0.25, 0.3) is 0 Å². The number of hydrogen-bond donors (Lipinski definition) is 1. The van der Waals surface area contributed by atoms with Gasteiger partial charge in [-0.2, -0.15) is 0 Å². The van der Waals surface area contributed by atoms with E-state index in [2.05, 4.69) is 21.4 Å². The zero-order chi connectivity index (χ0) is 30.3. The molecule has 3 amide bonds. The highest BCUT2D eigenvalue weighted by Gasteiger charge is 2.45. The number of fused-ring (bicyclic) bond motifs is 1. The Morgan fingerprint density at radius 3 is 2.47 bits per heavy atom. The molecule has 246 valence electrons. The van der Waals surface area contributed by atoms with Crippen molar-refractivity contribution in [2.24, 2.45) is 5.41 Å². The molecule has 0 bridgehead atoms. The van der Waals surface area contributed by atoms with Crippen molar-refractivity contribution < 1.29 is 19.1 Å². The molecule has 0 saturated heterocycles. The van der Waals surface area contributed by atoms with Crippen molar-refractivity contribution in [3.63, 3.8) is 0 Å². The van der Waals surface area contributed by atoms with Gasteiger partial charge < -0.3 is 24.8 Å². The number of nitrogens with one attached hydrogen (secondary N) is 1.